The van der Waals surface area contributed by atoms with Gasteiger partial charge in [0.1, 0.15) is 5.75 Å². The van der Waals surface area contributed by atoms with E-state index in [1.807, 2.05) is 25.1 Å². The highest BCUT2D eigenvalue weighted by molar-refractivity contribution is 9.10. The molecule has 0 unspecified atom stereocenters. The third-order valence-corrected chi connectivity index (χ3v) is 3.77. The van der Waals surface area contributed by atoms with Crippen molar-refractivity contribution in [3.63, 3.8) is 0 Å². The van der Waals surface area contributed by atoms with Gasteiger partial charge in [0, 0.05) is 28.6 Å². The molecule has 0 spiro atoms. The molecular weight excluding hydrogens is 358 g/mol. The smallest absolute Gasteiger partial charge is 0.224 e. The Hall–Kier alpha value is -2.14. The molecule has 0 aliphatic rings. The molecule has 0 radical (unpaired) electrons. The lowest BCUT2D eigenvalue weighted by molar-refractivity contribution is -0.116. The minimum atomic E-state index is -0.177. The van der Waals surface area contributed by atoms with Crippen molar-refractivity contribution >= 4 is 33.3 Å². The molecule has 2 aromatic carbocycles. The number of nitrogens with one attached hydrogen (secondary N) is 1. The number of aryl methyl sites for hydroxylation is 1. The second-order valence-corrected chi connectivity index (χ2v) is 6.13. The molecule has 0 heterocycles. The summed E-state index contributed by atoms with van der Waals surface area (Å²) in [5, 5.41) is 2.81. The zero-order chi connectivity index (χ0) is 16.8. The first-order valence-electron chi connectivity index (χ1n) is 7.22. The standard InChI is InChI=1S/C18H18BrNO3/c1-12-9-14(19)11-15(10-12)20-18(22)8-7-17(21)13-3-5-16(23-2)6-4-13/h3-6,9-11H,7-8H2,1-2H3,(H,20,22). The maximum Gasteiger partial charge on any atom is 0.224 e. The van der Waals surface area contributed by atoms with Crippen LogP contribution in [0.4, 0.5) is 5.69 Å². The number of ether oxygens (including phenoxy) is 1. The van der Waals surface area contributed by atoms with Crippen molar-refractivity contribution in [3.8, 4) is 5.75 Å². The van der Waals surface area contributed by atoms with E-state index in [1.54, 1.807) is 31.4 Å². The lowest BCUT2D eigenvalue weighted by Crippen LogP contribution is -2.13. The Balaban J connectivity index is 1.89. The monoisotopic (exact) mass is 375 g/mol. The highest BCUT2D eigenvalue weighted by Crippen LogP contribution is 2.19. The number of methoxy groups -OCH3 is 1. The molecule has 0 bridgehead atoms. The minimum Gasteiger partial charge on any atom is -0.497 e. The highest BCUT2D eigenvalue weighted by Gasteiger charge is 2.10. The fraction of sp³-hybridized carbons (Fsp3) is 0.222. The number of carbonyl (C=O) groups is 2. The third-order valence-electron chi connectivity index (χ3n) is 3.32. The summed E-state index contributed by atoms with van der Waals surface area (Å²) in [6.07, 6.45) is 0.321. The summed E-state index contributed by atoms with van der Waals surface area (Å²) in [6, 6.07) is 12.6. The van der Waals surface area contributed by atoms with E-state index in [9.17, 15) is 9.59 Å². The lowest BCUT2D eigenvalue weighted by atomic mass is 10.1. The molecule has 4 nitrogen and oxygen atoms in total. The Bertz CT molecular complexity index is 690. The molecule has 23 heavy (non-hydrogen) atoms. The molecule has 0 saturated carbocycles. The van der Waals surface area contributed by atoms with E-state index in [4.69, 9.17) is 4.74 Å². The molecule has 5 heteroatoms. The zero-order valence-corrected chi connectivity index (χ0v) is 14.6. The average Bonchev–Trinajstić information content (AvgIpc) is 2.51. The van der Waals surface area contributed by atoms with E-state index < -0.39 is 0 Å². The number of rotatable bonds is 6. The van der Waals surface area contributed by atoms with Gasteiger partial charge in [0.25, 0.3) is 0 Å². The van der Waals surface area contributed by atoms with Crippen molar-refractivity contribution in [1.82, 2.24) is 0 Å². The second kappa shape index (κ2) is 7.92. The first kappa shape index (κ1) is 17.2. The molecule has 0 aliphatic carbocycles. The van der Waals surface area contributed by atoms with Gasteiger partial charge in [-0.25, -0.2) is 0 Å². The summed E-state index contributed by atoms with van der Waals surface area (Å²) < 4.78 is 5.96. The average molecular weight is 376 g/mol. The Kier molecular flexibility index (Phi) is 5.93. The van der Waals surface area contributed by atoms with Crippen LogP contribution in [0.25, 0.3) is 0 Å². The number of ketones is 1. The summed E-state index contributed by atoms with van der Waals surface area (Å²) in [6.45, 7) is 1.95. The number of Topliss-reactive ketones (excluding diaryl/α,β-unsaturated/α-hetero) is 1. The van der Waals surface area contributed by atoms with Crippen LogP contribution in [0.5, 0.6) is 5.75 Å². The van der Waals surface area contributed by atoms with E-state index in [0.29, 0.717) is 11.3 Å². The SMILES string of the molecule is COc1ccc(C(=O)CCC(=O)Nc2cc(C)cc(Br)c2)cc1. The Labute approximate surface area is 144 Å². The second-order valence-electron chi connectivity index (χ2n) is 5.22. The van der Waals surface area contributed by atoms with Gasteiger partial charge >= 0.3 is 0 Å². The summed E-state index contributed by atoms with van der Waals surface area (Å²) >= 11 is 3.39. The number of benzene rings is 2. The fourth-order valence-electron chi connectivity index (χ4n) is 2.18. The van der Waals surface area contributed by atoms with Crippen molar-refractivity contribution in [2.75, 3.05) is 12.4 Å². The molecular formula is C18H18BrNO3. The number of hydrogen-bond donors (Lipinski definition) is 1. The minimum absolute atomic E-state index is 0.0618. The molecule has 2 rings (SSSR count). The van der Waals surface area contributed by atoms with Gasteiger partial charge in [0.2, 0.25) is 5.91 Å². The van der Waals surface area contributed by atoms with Crippen molar-refractivity contribution in [2.24, 2.45) is 0 Å². The highest BCUT2D eigenvalue weighted by atomic mass is 79.9. The van der Waals surface area contributed by atoms with Gasteiger partial charge in [0.15, 0.2) is 5.78 Å². The number of carbonyl (C=O) groups excluding carboxylic acids is 2. The first-order valence-corrected chi connectivity index (χ1v) is 8.01. The van der Waals surface area contributed by atoms with Crippen molar-refractivity contribution in [2.45, 2.75) is 19.8 Å². The Morgan fingerprint density at radius 3 is 2.39 bits per heavy atom. The van der Waals surface area contributed by atoms with E-state index >= 15 is 0 Å². The predicted molar refractivity (Wildman–Crippen MR) is 94.1 cm³/mol. The van der Waals surface area contributed by atoms with Crippen LogP contribution >= 0.6 is 15.9 Å². The summed E-state index contributed by atoms with van der Waals surface area (Å²) in [5.41, 5.74) is 2.35. The normalized spacial score (nSPS) is 10.2. The van der Waals surface area contributed by atoms with Crippen molar-refractivity contribution in [3.05, 3.63) is 58.1 Å². The first-order chi connectivity index (χ1) is 11.0. The van der Waals surface area contributed by atoms with Crippen LogP contribution in [0.1, 0.15) is 28.8 Å². The Morgan fingerprint density at radius 1 is 1.09 bits per heavy atom. The molecule has 0 atom stereocenters. The van der Waals surface area contributed by atoms with Gasteiger partial charge < -0.3 is 10.1 Å². The molecule has 1 amide bonds. The molecule has 120 valence electrons. The van der Waals surface area contributed by atoms with Crippen molar-refractivity contribution in [1.29, 1.82) is 0 Å². The molecule has 0 aromatic heterocycles. The van der Waals surface area contributed by atoms with Crippen LogP contribution in [-0.4, -0.2) is 18.8 Å². The predicted octanol–water partition coefficient (Wildman–Crippen LogP) is 4.37. The zero-order valence-electron chi connectivity index (χ0n) is 13.1. The summed E-state index contributed by atoms with van der Waals surface area (Å²) in [7, 11) is 1.57. The summed E-state index contributed by atoms with van der Waals surface area (Å²) in [4.78, 5) is 24.1. The number of hydrogen-bond acceptors (Lipinski definition) is 3. The van der Waals surface area contributed by atoms with Gasteiger partial charge in [-0.05, 0) is 55.0 Å². The largest absolute Gasteiger partial charge is 0.497 e. The van der Waals surface area contributed by atoms with E-state index in [2.05, 4.69) is 21.2 Å². The maximum atomic E-state index is 12.1. The summed E-state index contributed by atoms with van der Waals surface area (Å²) in [5.74, 6) is 0.460. The van der Waals surface area contributed by atoms with Gasteiger partial charge in [-0.1, -0.05) is 15.9 Å². The van der Waals surface area contributed by atoms with Crippen molar-refractivity contribution < 1.29 is 14.3 Å². The number of halogens is 1. The van der Waals surface area contributed by atoms with Crippen LogP contribution in [0.3, 0.4) is 0 Å². The number of amides is 1. The van der Waals surface area contributed by atoms with Gasteiger partial charge in [0.05, 0.1) is 7.11 Å². The van der Waals surface area contributed by atoms with Crippen LogP contribution in [0.2, 0.25) is 0 Å². The van der Waals surface area contributed by atoms with Gasteiger partial charge in [-0.15, -0.1) is 0 Å². The molecule has 1 N–H and O–H groups in total. The number of anilines is 1. The Morgan fingerprint density at radius 2 is 1.78 bits per heavy atom. The molecule has 2 aromatic rings. The van der Waals surface area contributed by atoms with Crippen LogP contribution in [-0.2, 0) is 4.79 Å². The molecule has 0 aliphatic heterocycles. The van der Waals surface area contributed by atoms with Gasteiger partial charge in [-0.3, -0.25) is 9.59 Å². The van der Waals surface area contributed by atoms with E-state index in [-0.39, 0.29) is 24.5 Å². The van der Waals surface area contributed by atoms with Crippen LogP contribution in [0, 0.1) is 6.92 Å². The molecule has 0 saturated heterocycles. The lowest BCUT2D eigenvalue weighted by Gasteiger charge is -2.07. The van der Waals surface area contributed by atoms with E-state index in [1.165, 1.54) is 0 Å². The van der Waals surface area contributed by atoms with Crippen LogP contribution < -0.4 is 10.1 Å². The van der Waals surface area contributed by atoms with E-state index in [0.717, 1.165) is 15.7 Å². The maximum absolute atomic E-state index is 12.1. The topological polar surface area (TPSA) is 55.4 Å². The quantitative estimate of drug-likeness (QED) is 0.762. The molecule has 0 fully saturated rings. The third kappa shape index (κ3) is 5.21. The fourth-order valence-corrected chi connectivity index (χ4v) is 2.79. The van der Waals surface area contributed by atoms with Gasteiger partial charge in [-0.2, -0.15) is 0 Å². The van der Waals surface area contributed by atoms with Crippen LogP contribution in [0.15, 0.2) is 46.9 Å².